The average Bonchev–Trinajstić information content (AvgIpc) is 2.91. The topological polar surface area (TPSA) is 96.0 Å². The lowest BCUT2D eigenvalue weighted by Gasteiger charge is -2.33. The number of carbonyl (C=O) groups is 2. The summed E-state index contributed by atoms with van der Waals surface area (Å²) in [5.41, 5.74) is 1.41. The molecule has 10 heteroatoms. The molecule has 0 aliphatic heterocycles. The summed E-state index contributed by atoms with van der Waals surface area (Å²) in [5, 5.41) is 3.45. The minimum Gasteiger partial charge on any atom is -0.494 e. The lowest BCUT2D eigenvalue weighted by molar-refractivity contribution is -0.140. The molecular formula is C31H38ClN3O5S. The molecule has 0 saturated heterocycles. The van der Waals surface area contributed by atoms with Crippen molar-refractivity contribution in [1.29, 1.82) is 0 Å². The van der Waals surface area contributed by atoms with Gasteiger partial charge >= 0.3 is 0 Å². The molecule has 3 aromatic carbocycles. The number of hydrogen-bond acceptors (Lipinski definition) is 5. The molecule has 3 rings (SSSR count). The van der Waals surface area contributed by atoms with Crippen LogP contribution in [-0.4, -0.2) is 49.9 Å². The maximum Gasteiger partial charge on any atom is 0.264 e. The highest BCUT2D eigenvalue weighted by molar-refractivity contribution is 7.92. The van der Waals surface area contributed by atoms with Crippen LogP contribution in [0.1, 0.15) is 45.7 Å². The lowest BCUT2D eigenvalue weighted by Crippen LogP contribution is -2.54. The molecular weight excluding hydrogens is 562 g/mol. The summed E-state index contributed by atoms with van der Waals surface area (Å²) in [5.74, 6) is -0.318. The van der Waals surface area contributed by atoms with Crippen LogP contribution < -0.4 is 14.4 Å². The maximum atomic E-state index is 14.0. The standard InChI is InChI=1S/C31H38ClN3O5S/c1-7-40-27-16-14-26(15-17-27)35(41(38,39)28-18-8-22(2)9-19-28)21-29(36)34(20-24-10-12-25(32)13-11-24)23(3)30(37)33-31(4,5)6/h8-19,23H,7,20-21H2,1-6H3,(H,33,37)/t23-/m1/s1. The average molecular weight is 600 g/mol. The highest BCUT2D eigenvalue weighted by Crippen LogP contribution is 2.27. The van der Waals surface area contributed by atoms with Gasteiger partial charge in [-0.3, -0.25) is 13.9 Å². The van der Waals surface area contributed by atoms with E-state index in [-0.39, 0.29) is 17.3 Å². The van der Waals surface area contributed by atoms with Crippen molar-refractivity contribution >= 4 is 39.1 Å². The molecule has 0 aromatic heterocycles. The van der Waals surface area contributed by atoms with Crippen molar-refractivity contribution in [1.82, 2.24) is 10.2 Å². The second kappa shape index (κ2) is 13.4. The molecule has 1 atom stereocenters. The van der Waals surface area contributed by atoms with Crippen LogP contribution in [0.2, 0.25) is 5.02 Å². The number of anilines is 1. The quantitative estimate of drug-likeness (QED) is 0.311. The summed E-state index contributed by atoms with van der Waals surface area (Å²) in [6.45, 7) is 10.9. The van der Waals surface area contributed by atoms with Crippen molar-refractivity contribution in [2.75, 3.05) is 17.5 Å². The van der Waals surface area contributed by atoms with Gasteiger partial charge in [0.05, 0.1) is 17.2 Å². The molecule has 3 aromatic rings. The van der Waals surface area contributed by atoms with Gasteiger partial charge < -0.3 is 15.0 Å². The highest BCUT2D eigenvalue weighted by Gasteiger charge is 2.33. The van der Waals surface area contributed by atoms with E-state index in [0.29, 0.717) is 23.1 Å². The summed E-state index contributed by atoms with van der Waals surface area (Å²) in [4.78, 5) is 28.6. The summed E-state index contributed by atoms with van der Waals surface area (Å²) >= 11 is 6.06. The van der Waals surface area contributed by atoms with Gasteiger partial charge in [0.25, 0.3) is 10.0 Å². The third-order valence-corrected chi connectivity index (χ3v) is 8.30. The molecule has 0 unspecified atom stereocenters. The van der Waals surface area contributed by atoms with E-state index in [2.05, 4.69) is 5.32 Å². The van der Waals surface area contributed by atoms with Crippen molar-refractivity contribution in [2.45, 2.75) is 64.6 Å². The number of nitrogens with zero attached hydrogens (tertiary/aromatic N) is 2. The Bertz CT molecular complexity index is 1440. The van der Waals surface area contributed by atoms with Crippen LogP contribution >= 0.6 is 11.6 Å². The Morgan fingerprint density at radius 2 is 1.54 bits per heavy atom. The number of nitrogens with one attached hydrogen (secondary N) is 1. The first-order valence-corrected chi connectivity index (χ1v) is 15.2. The SMILES string of the molecule is CCOc1ccc(N(CC(=O)N(Cc2ccc(Cl)cc2)[C@H](C)C(=O)NC(C)(C)C)S(=O)(=O)c2ccc(C)cc2)cc1. The van der Waals surface area contributed by atoms with Crippen LogP contribution in [-0.2, 0) is 26.2 Å². The van der Waals surface area contributed by atoms with E-state index in [4.69, 9.17) is 16.3 Å². The number of benzene rings is 3. The second-order valence-electron chi connectivity index (χ2n) is 10.8. The first kappa shape index (κ1) is 32.0. The van der Waals surface area contributed by atoms with Gasteiger partial charge in [-0.15, -0.1) is 0 Å². The fourth-order valence-corrected chi connectivity index (χ4v) is 5.62. The predicted octanol–water partition coefficient (Wildman–Crippen LogP) is 5.57. The molecule has 0 aliphatic carbocycles. The number of aryl methyl sites for hydroxylation is 1. The fourth-order valence-electron chi connectivity index (χ4n) is 4.08. The molecule has 1 N–H and O–H groups in total. The zero-order valence-corrected chi connectivity index (χ0v) is 25.9. The van der Waals surface area contributed by atoms with Gasteiger partial charge in [0.2, 0.25) is 11.8 Å². The fraction of sp³-hybridized carbons (Fsp3) is 0.355. The van der Waals surface area contributed by atoms with Crippen molar-refractivity contribution in [3.8, 4) is 5.75 Å². The molecule has 220 valence electrons. The zero-order chi connectivity index (χ0) is 30.4. The Kier molecular flexibility index (Phi) is 10.4. The second-order valence-corrected chi connectivity index (χ2v) is 13.1. The summed E-state index contributed by atoms with van der Waals surface area (Å²) in [6.07, 6.45) is 0. The third-order valence-electron chi connectivity index (χ3n) is 6.26. The van der Waals surface area contributed by atoms with Gasteiger partial charge in [0.15, 0.2) is 0 Å². The van der Waals surface area contributed by atoms with Crippen molar-refractivity contribution in [3.05, 3.63) is 88.9 Å². The summed E-state index contributed by atoms with van der Waals surface area (Å²) in [7, 11) is -4.15. The summed E-state index contributed by atoms with van der Waals surface area (Å²) < 4.78 is 34.4. The van der Waals surface area contributed by atoms with E-state index in [1.54, 1.807) is 67.6 Å². The smallest absolute Gasteiger partial charge is 0.264 e. The predicted molar refractivity (Wildman–Crippen MR) is 163 cm³/mol. The molecule has 0 heterocycles. The first-order chi connectivity index (χ1) is 19.2. The Balaban J connectivity index is 2.03. The Morgan fingerprint density at radius 3 is 2.07 bits per heavy atom. The van der Waals surface area contributed by atoms with Crippen molar-refractivity contribution in [2.24, 2.45) is 0 Å². The van der Waals surface area contributed by atoms with Crippen LogP contribution in [0, 0.1) is 6.92 Å². The van der Waals surface area contributed by atoms with Gasteiger partial charge in [-0.2, -0.15) is 0 Å². The minimum atomic E-state index is -4.15. The van der Waals surface area contributed by atoms with Gasteiger partial charge in [-0.1, -0.05) is 41.4 Å². The highest BCUT2D eigenvalue weighted by atomic mass is 35.5. The monoisotopic (exact) mass is 599 g/mol. The zero-order valence-electron chi connectivity index (χ0n) is 24.3. The van der Waals surface area contributed by atoms with Gasteiger partial charge in [0, 0.05) is 17.1 Å². The van der Waals surface area contributed by atoms with Crippen LogP contribution in [0.4, 0.5) is 5.69 Å². The number of ether oxygens (including phenoxy) is 1. The van der Waals surface area contributed by atoms with Gasteiger partial charge in [0.1, 0.15) is 18.3 Å². The molecule has 0 fully saturated rings. The molecule has 2 amide bonds. The molecule has 8 nitrogen and oxygen atoms in total. The molecule has 0 bridgehead atoms. The largest absolute Gasteiger partial charge is 0.494 e. The Hall–Kier alpha value is -3.56. The number of sulfonamides is 1. The van der Waals surface area contributed by atoms with E-state index in [9.17, 15) is 18.0 Å². The third kappa shape index (κ3) is 8.71. The molecule has 0 spiro atoms. The number of hydrogen-bond donors (Lipinski definition) is 1. The lowest BCUT2D eigenvalue weighted by atomic mass is 10.1. The van der Waals surface area contributed by atoms with Crippen LogP contribution in [0.15, 0.2) is 77.7 Å². The Morgan fingerprint density at radius 1 is 0.951 bits per heavy atom. The Labute approximate surface area is 248 Å². The maximum absolute atomic E-state index is 14.0. The van der Waals surface area contributed by atoms with Crippen LogP contribution in [0.25, 0.3) is 0 Å². The van der Waals surface area contributed by atoms with Crippen LogP contribution in [0.5, 0.6) is 5.75 Å². The first-order valence-electron chi connectivity index (χ1n) is 13.4. The van der Waals surface area contributed by atoms with E-state index in [1.165, 1.54) is 17.0 Å². The summed E-state index contributed by atoms with van der Waals surface area (Å²) in [6, 6.07) is 19.0. The number of halogens is 1. The molecule has 41 heavy (non-hydrogen) atoms. The minimum absolute atomic E-state index is 0.0487. The number of carbonyl (C=O) groups excluding carboxylic acids is 2. The van der Waals surface area contributed by atoms with Crippen LogP contribution in [0.3, 0.4) is 0 Å². The van der Waals surface area contributed by atoms with E-state index < -0.39 is 34.1 Å². The van der Waals surface area contributed by atoms with Gasteiger partial charge in [-0.05, 0) is 95.6 Å². The van der Waals surface area contributed by atoms with Crippen molar-refractivity contribution < 1.29 is 22.7 Å². The number of rotatable bonds is 11. The van der Waals surface area contributed by atoms with E-state index in [0.717, 1.165) is 15.4 Å². The van der Waals surface area contributed by atoms with E-state index >= 15 is 0 Å². The van der Waals surface area contributed by atoms with Gasteiger partial charge in [-0.25, -0.2) is 8.42 Å². The molecule has 0 saturated carbocycles. The normalized spacial score (nSPS) is 12.4. The van der Waals surface area contributed by atoms with E-state index in [1.807, 2.05) is 34.6 Å². The molecule has 0 radical (unpaired) electrons. The molecule has 0 aliphatic rings. The van der Waals surface area contributed by atoms with Crippen molar-refractivity contribution in [3.63, 3.8) is 0 Å². The number of amides is 2.